The molecule has 0 bridgehead atoms. The van der Waals surface area contributed by atoms with E-state index in [0.717, 1.165) is 5.56 Å². The molecular weight excluding hydrogens is 266 g/mol. The highest BCUT2D eigenvalue weighted by atomic mass is 32.2. The molecule has 1 aromatic carbocycles. The average Bonchev–Trinajstić information content (AvgIpc) is 2.65. The fourth-order valence-corrected chi connectivity index (χ4v) is 2.64. The molecule has 1 N–H and O–H groups in total. The summed E-state index contributed by atoms with van der Waals surface area (Å²) in [6.45, 7) is -0.371. The minimum Gasteiger partial charge on any atom is -0.376 e. The van der Waals surface area contributed by atoms with Gasteiger partial charge in [-0.3, -0.25) is 9.69 Å². The molecular formula is C13H11NO2S2. The van der Waals surface area contributed by atoms with E-state index in [-0.39, 0.29) is 12.6 Å². The molecule has 1 aromatic rings. The zero-order chi connectivity index (χ0) is 13.0. The third kappa shape index (κ3) is 2.87. The Bertz CT molecular complexity index is 523. The molecule has 0 unspecified atom stereocenters. The van der Waals surface area contributed by atoms with Crippen LogP contribution in [0.4, 0.5) is 0 Å². The van der Waals surface area contributed by atoms with Gasteiger partial charge in [0.1, 0.15) is 11.1 Å². The van der Waals surface area contributed by atoms with Crippen molar-refractivity contribution in [3.8, 4) is 0 Å². The quantitative estimate of drug-likeness (QED) is 0.680. The number of carbonyl (C=O) groups is 1. The smallest absolute Gasteiger partial charge is 0.268 e. The van der Waals surface area contributed by atoms with E-state index in [1.807, 2.05) is 36.4 Å². The monoisotopic (exact) mass is 277 g/mol. The summed E-state index contributed by atoms with van der Waals surface area (Å²) in [7, 11) is 0. The summed E-state index contributed by atoms with van der Waals surface area (Å²) in [5.74, 6) is -0.245. The molecule has 1 aliphatic rings. The second kappa shape index (κ2) is 5.95. The first-order chi connectivity index (χ1) is 8.72. The Kier molecular flexibility index (Phi) is 4.30. The lowest BCUT2D eigenvalue weighted by Crippen LogP contribution is -2.28. The molecule has 0 spiro atoms. The number of aliphatic hydroxyl groups is 1. The maximum Gasteiger partial charge on any atom is 0.268 e. The first-order valence-electron chi connectivity index (χ1n) is 5.30. The van der Waals surface area contributed by atoms with Gasteiger partial charge in [0.2, 0.25) is 0 Å². The second-order valence-corrected chi connectivity index (χ2v) is 5.22. The zero-order valence-electron chi connectivity index (χ0n) is 9.45. The number of allylic oxidation sites excluding steroid dienone is 2. The van der Waals surface area contributed by atoms with Crippen molar-refractivity contribution in [1.82, 2.24) is 4.90 Å². The SMILES string of the molecule is O=C1C(=CC=Cc2ccccc2)SC(=S)N1CO. The average molecular weight is 277 g/mol. The molecule has 1 saturated heterocycles. The summed E-state index contributed by atoms with van der Waals surface area (Å²) < 4.78 is 0.391. The Morgan fingerprint density at radius 3 is 2.67 bits per heavy atom. The molecule has 0 aliphatic carbocycles. The first kappa shape index (κ1) is 13.0. The van der Waals surface area contributed by atoms with Crippen LogP contribution in [0.1, 0.15) is 5.56 Å². The van der Waals surface area contributed by atoms with Crippen molar-refractivity contribution in [2.75, 3.05) is 6.73 Å². The van der Waals surface area contributed by atoms with Gasteiger partial charge in [-0.05, 0) is 11.6 Å². The molecule has 0 radical (unpaired) electrons. The number of nitrogens with zero attached hydrogens (tertiary/aromatic N) is 1. The molecule has 0 aromatic heterocycles. The van der Waals surface area contributed by atoms with Crippen molar-refractivity contribution in [3.63, 3.8) is 0 Å². The number of benzene rings is 1. The van der Waals surface area contributed by atoms with Gasteiger partial charge in [0.15, 0.2) is 0 Å². The Hall–Kier alpha value is -1.43. The van der Waals surface area contributed by atoms with Crippen molar-refractivity contribution in [3.05, 3.63) is 53.0 Å². The summed E-state index contributed by atoms with van der Waals surface area (Å²) in [4.78, 5) is 13.4. The van der Waals surface area contributed by atoms with E-state index >= 15 is 0 Å². The van der Waals surface area contributed by atoms with Gasteiger partial charge in [0, 0.05) is 0 Å². The predicted molar refractivity (Wildman–Crippen MR) is 77.7 cm³/mol. The fraction of sp³-hybridized carbons (Fsp3) is 0.0769. The van der Waals surface area contributed by atoms with Crippen LogP contribution in [-0.2, 0) is 4.79 Å². The maximum atomic E-state index is 11.7. The summed E-state index contributed by atoms with van der Waals surface area (Å²) >= 11 is 6.18. The number of hydrogen-bond acceptors (Lipinski definition) is 4. The van der Waals surface area contributed by atoms with Crippen LogP contribution in [0.2, 0.25) is 0 Å². The van der Waals surface area contributed by atoms with Crippen molar-refractivity contribution in [2.24, 2.45) is 0 Å². The molecule has 5 heteroatoms. The van der Waals surface area contributed by atoms with E-state index in [4.69, 9.17) is 17.3 Å². The van der Waals surface area contributed by atoms with E-state index in [2.05, 4.69) is 0 Å². The van der Waals surface area contributed by atoms with Gasteiger partial charge in [-0.15, -0.1) is 0 Å². The van der Waals surface area contributed by atoms with E-state index in [9.17, 15) is 4.79 Å². The lowest BCUT2D eigenvalue weighted by Gasteiger charge is -2.08. The van der Waals surface area contributed by atoms with Crippen LogP contribution in [-0.4, -0.2) is 27.0 Å². The molecule has 1 fully saturated rings. The van der Waals surface area contributed by atoms with Gasteiger partial charge < -0.3 is 5.11 Å². The predicted octanol–water partition coefficient (Wildman–Crippen LogP) is 2.39. The highest BCUT2D eigenvalue weighted by Gasteiger charge is 2.30. The largest absolute Gasteiger partial charge is 0.376 e. The third-order valence-electron chi connectivity index (χ3n) is 2.35. The molecule has 2 rings (SSSR count). The van der Waals surface area contributed by atoms with Crippen molar-refractivity contribution < 1.29 is 9.90 Å². The molecule has 3 nitrogen and oxygen atoms in total. The first-order valence-corrected chi connectivity index (χ1v) is 6.53. The van der Waals surface area contributed by atoms with Gasteiger partial charge in [0.25, 0.3) is 5.91 Å². The van der Waals surface area contributed by atoms with E-state index in [0.29, 0.717) is 9.23 Å². The van der Waals surface area contributed by atoms with Gasteiger partial charge in [-0.25, -0.2) is 0 Å². The van der Waals surface area contributed by atoms with Gasteiger partial charge in [0.05, 0.1) is 4.91 Å². The minimum absolute atomic E-state index is 0.245. The number of thioether (sulfide) groups is 1. The summed E-state index contributed by atoms with van der Waals surface area (Å²) in [5.41, 5.74) is 1.06. The van der Waals surface area contributed by atoms with Crippen molar-refractivity contribution in [1.29, 1.82) is 0 Å². The highest BCUT2D eigenvalue weighted by molar-refractivity contribution is 8.26. The lowest BCUT2D eigenvalue weighted by molar-refractivity contribution is -0.124. The molecule has 1 aliphatic heterocycles. The van der Waals surface area contributed by atoms with Gasteiger partial charge in [-0.1, -0.05) is 66.5 Å². The standard InChI is InChI=1S/C13H11NO2S2/c15-9-14-12(16)11(18-13(14)17)8-4-7-10-5-2-1-3-6-10/h1-8,15H,9H2. The molecule has 0 saturated carbocycles. The van der Waals surface area contributed by atoms with Crippen LogP contribution in [0.25, 0.3) is 6.08 Å². The van der Waals surface area contributed by atoms with E-state index in [1.54, 1.807) is 12.2 Å². The second-order valence-electron chi connectivity index (χ2n) is 3.54. The van der Waals surface area contributed by atoms with Gasteiger partial charge >= 0.3 is 0 Å². The maximum absolute atomic E-state index is 11.7. The summed E-state index contributed by atoms with van der Waals surface area (Å²) in [6.07, 6.45) is 5.42. The molecule has 1 amide bonds. The van der Waals surface area contributed by atoms with Crippen LogP contribution in [0.3, 0.4) is 0 Å². The number of thiocarbonyl (C=S) groups is 1. The molecule has 18 heavy (non-hydrogen) atoms. The van der Waals surface area contributed by atoms with Crippen LogP contribution in [0.5, 0.6) is 0 Å². The summed E-state index contributed by atoms with van der Waals surface area (Å²) in [6, 6.07) is 9.80. The zero-order valence-corrected chi connectivity index (χ0v) is 11.1. The number of carbonyl (C=O) groups excluding carboxylic acids is 1. The van der Waals surface area contributed by atoms with Crippen molar-refractivity contribution >= 4 is 40.3 Å². The minimum atomic E-state index is -0.371. The fourth-order valence-electron chi connectivity index (χ4n) is 1.45. The Morgan fingerprint density at radius 2 is 2.06 bits per heavy atom. The van der Waals surface area contributed by atoms with Crippen LogP contribution < -0.4 is 0 Å². The van der Waals surface area contributed by atoms with Gasteiger partial charge in [-0.2, -0.15) is 0 Å². The van der Waals surface area contributed by atoms with Crippen LogP contribution in [0, 0.1) is 0 Å². The summed E-state index contributed by atoms with van der Waals surface area (Å²) in [5, 5.41) is 8.99. The van der Waals surface area contributed by atoms with Crippen LogP contribution >= 0.6 is 24.0 Å². The number of rotatable bonds is 3. The third-order valence-corrected chi connectivity index (χ3v) is 3.75. The van der Waals surface area contributed by atoms with E-state index in [1.165, 1.54) is 16.7 Å². The molecule has 0 atom stereocenters. The number of amides is 1. The number of hydrogen-bond donors (Lipinski definition) is 1. The normalized spacial score (nSPS) is 18.3. The highest BCUT2D eigenvalue weighted by Crippen LogP contribution is 2.30. The van der Waals surface area contributed by atoms with Crippen LogP contribution in [0.15, 0.2) is 47.4 Å². The lowest BCUT2D eigenvalue weighted by atomic mass is 10.2. The Labute approximate surface area is 115 Å². The Morgan fingerprint density at radius 1 is 1.33 bits per heavy atom. The Balaban J connectivity index is 2.09. The molecule has 92 valence electrons. The topological polar surface area (TPSA) is 40.5 Å². The van der Waals surface area contributed by atoms with Crippen molar-refractivity contribution in [2.45, 2.75) is 0 Å². The number of aliphatic hydroxyl groups excluding tert-OH is 1. The molecule has 1 heterocycles. The van der Waals surface area contributed by atoms with E-state index < -0.39 is 0 Å².